The lowest BCUT2D eigenvalue weighted by molar-refractivity contribution is 0.102. The molecule has 0 radical (unpaired) electrons. The van der Waals surface area contributed by atoms with Gasteiger partial charge < -0.3 is 14.8 Å². The first-order chi connectivity index (χ1) is 10.9. The molecule has 2 rings (SSSR count). The molecule has 1 aromatic heterocycles. The molecule has 0 saturated carbocycles. The molecule has 2 aromatic rings. The molecule has 23 heavy (non-hydrogen) atoms. The van der Waals surface area contributed by atoms with Gasteiger partial charge in [-0.2, -0.15) is 5.10 Å². The highest BCUT2D eigenvalue weighted by atomic mass is 16.5. The summed E-state index contributed by atoms with van der Waals surface area (Å²) in [6.45, 7) is 6.11. The third-order valence-electron chi connectivity index (χ3n) is 3.48. The van der Waals surface area contributed by atoms with E-state index in [0.717, 1.165) is 23.5 Å². The number of aromatic amines is 1. The van der Waals surface area contributed by atoms with E-state index in [1.807, 2.05) is 6.92 Å². The van der Waals surface area contributed by atoms with Crippen molar-refractivity contribution in [3.05, 3.63) is 35.2 Å². The molecule has 0 aliphatic heterocycles. The summed E-state index contributed by atoms with van der Waals surface area (Å²) in [4.78, 5) is 12.6. The number of aromatic nitrogens is 2. The average Bonchev–Trinajstić information content (AvgIpc) is 2.86. The van der Waals surface area contributed by atoms with Crippen molar-refractivity contribution in [1.82, 2.24) is 10.2 Å². The van der Waals surface area contributed by atoms with Gasteiger partial charge in [0.15, 0.2) is 0 Å². The molecular weight excluding hydrogens is 294 g/mol. The SMILES string of the molecule is COc1cc(OC)cc(C(=O)Nc2c(CC(C)C)n[nH]c2C)c1. The van der Waals surface area contributed by atoms with E-state index in [0.29, 0.717) is 23.0 Å². The lowest BCUT2D eigenvalue weighted by atomic mass is 10.1. The van der Waals surface area contributed by atoms with E-state index in [9.17, 15) is 4.79 Å². The molecule has 6 heteroatoms. The average molecular weight is 317 g/mol. The zero-order valence-electron chi connectivity index (χ0n) is 14.2. The number of hydrogen-bond donors (Lipinski definition) is 2. The Morgan fingerprint density at radius 2 is 1.83 bits per heavy atom. The zero-order chi connectivity index (χ0) is 17.0. The van der Waals surface area contributed by atoms with E-state index >= 15 is 0 Å². The molecule has 2 N–H and O–H groups in total. The molecule has 0 saturated heterocycles. The number of benzene rings is 1. The number of carbonyl (C=O) groups excluding carboxylic acids is 1. The molecule has 0 atom stereocenters. The second-order valence-electron chi connectivity index (χ2n) is 5.82. The Balaban J connectivity index is 2.27. The molecule has 0 aliphatic rings. The van der Waals surface area contributed by atoms with Crippen LogP contribution in [0.3, 0.4) is 0 Å². The summed E-state index contributed by atoms with van der Waals surface area (Å²) in [6, 6.07) is 5.08. The van der Waals surface area contributed by atoms with E-state index in [1.165, 1.54) is 0 Å². The molecule has 0 fully saturated rings. The van der Waals surface area contributed by atoms with Gasteiger partial charge in [-0.3, -0.25) is 9.89 Å². The summed E-state index contributed by atoms with van der Waals surface area (Å²) >= 11 is 0. The van der Waals surface area contributed by atoms with Crippen LogP contribution in [0.15, 0.2) is 18.2 Å². The Morgan fingerprint density at radius 3 is 2.35 bits per heavy atom. The summed E-state index contributed by atoms with van der Waals surface area (Å²) in [5, 5.41) is 10.2. The Labute approximate surface area is 136 Å². The van der Waals surface area contributed by atoms with Gasteiger partial charge in [0, 0.05) is 11.6 Å². The fourth-order valence-electron chi connectivity index (χ4n) is 2.30. The highest BCUT2D eigenvalue weighted by molar-refractivity contribution is 6.05. The minimum Gasteiger partial charge on any atom is -0.497 e. The number of methoxy groups -OCH3 is 2. The van der Waals surface area contributed by atoms with Crippen LogP contribution in [0.5, 0.6) is 11.5 Å². The molecule has 1 aromatic carbocycles. The molecule has 1 heterocycles. The van der Waals surface area contributed by atoms with Crippen LogP contribution in [0.2, 0.25) is 0 Å². The maximum Gasteiger partial charge on any atom is 0.256 e. The third-order valence-corrected chi connectivity index (χ3v) is 3.48. The van der Waals surface area contributed by atoms with E-state index in [4.69, 9.17) is 9.47 Å². The van der Waals surface area contributed by atoms with Crippen LogP contribution < -0.4 is 14.8 Å². The van der Waals surface area contributed by atoms with Crippen LogP contribution >= 0.6 is 0 Å². The molecule has 6 nitrogen and oxygen atoms in total. The van der Waals surface area contributed by atoms with Crippen LogP contribution in [-0.2, 0) is 6.42 Å². The summed E-state index contributed by atoms with van der Waals surface area (Å²) in [7, 11) is 3.11. The summed E-state index contributed by atoms with van der Waals surface area (Å²) in [5.41, 5.74) is 2.91. The predicted molar refractivity (Wildman–Crippen MR) is 89.4 cm³/mol. The number of amides is 1. The van der Waals surface area contributed by atoms with Crippen molar-refractivity contribution >= 4 is 11.6 Å². The highest BCUT2D eigenvalue weighted by Crippen LogP contribution is 2.25. The van der Waals surface area contributed by atoms with Gasteiger partial charge >= 0.3 is 0 Å². The van der Waals surface area contributed by atoms with Gasteiger partial charge in [-0.15, -0.1) is 0 Å². The van der Waals surface area contributed by atoms with Gasteiger partial charge in [-0.25, -0.2) is 0 Å². The number of anilines is 1. The smallest absolute Gasteiger partial charge is 0.256 e. The maximum atomic E-state index is 12.6. The highest BCUT2D eigenvalue weighted by Gasteiger charge is 2.16. The molecule has 0 aliphatic carbocycles. The van der Waals surface area contributed by atoms with Gasteiger partial charge in [-0.05, 0) is 31.4 Å². The van der Waals surface area contributed by atoms with Gasteiger partial charge in [0.2, 0.25) is 0 Å². The van der Waals surface area contributed by atoms with Gasteiger partial charge in [-0.1, -0.05) is 13.8 Å². The van der Waals surface area contributed by atoms with Crippen molar-refractivity contribution in [2.45, 2.75) is 27.2 Å². The van der Waals surface area contributed by atoms with Crippen molar-refractivity contribution in [2.24, 2.45) is 5.92 Å². The van der Waals surface area contributed by atoms with Crippen molar-refractivity contribution in [3.63, 3.8) is 0 Å². The number of ether oxygens (including phenoxy) is 2. The van der Waals surface area contributed by atoms with E-state index in [1.54, 1.807) is 32.4 Å². The zero-order valence-corrected chi connectivity index (χ0v) is 14.2. The molecule has 0 bridgehead atoms. The second kappa shape index (κ2) is 7.17. The van der Waals surface area contributed by atoms with Crippen molar-refractivity contribution in [1.29, 1.82) is 0 Å². The van der Waals surface area contributed by atoms with E-state index in [-0.39, 0.29) is 5.91 Å². The fourth-order valence-corrected chi connectivity index (χ4v) is 2.30. The van der Waals surface area contributed by atoms with Crippen molar-refractivity contribution < 1.29 is 14.3 Å². The molecular formula is C17H23N3O3. The normalized spacial score (nSPS) is 10.7. The summed E-state index contributed by atoms with van der Waals surface area (Å²) < 4.78 is 10.4. The first-order valence-corrected chi connectivity index (χ1v) is 7.52. The lowest BCUT2D eigenvalue weighted by Crippen LogP contribution is -2.14. The Hall–Kier alpha value is -2.50. The number of nitrogens with one attached hydrogen (secondary N) is 2. The molecule has 0 spiro atoms. The molecule has 124 valence electrons. The topological polar surface area (TPSA) is 76.2 Å². The van der Waals surface area contributed by atoms with Gasteiger partial charge in [0.05, 0.1) is 31.3 Å². The van der Waals surface area contributed by atoms with Crippen LogP contribution in [0.25, 0.3) is 0 Å². The van der Waals surface area contributed by atoms with Crippen LogP contribution in [0, 0.1) is 12.8 Å². The second-order valence-corrected chi connectivity index (χ2v) is 5.82. The molecule has 0 unspecified atom stereocenters. The van der Waals surface area contributed by atoms with Gasteiger partial charge in [0.1, 0.15) is 11.5 Å². The van der Waals surface area contributed by atoms with Crippen LogP contribution in [0.1, 0.15) is 35.6 Å². The third kappa shape index (κ3) is 4.03. The summed E-state index contributed by atoms with van der Waals surface area (Å²) in [6.07, 6.45) is 0.793. The molecule has 1 amide bonds. The first-order valence-electron chi connectivity index (χ1n) is 7.52. The largest absolute Gasteiger partial charge is 0.497 e. The summed E-state index contributed by atoms with van der Waals surface area (Å²) in [5.74, 6) is 1.36. The van der Waals surface area contributed by atoms with E-state index in [2.05, 4.69) is 29.4 Å². The first kappa shape index (κ1) is 16.9. The quantitative estimate of drug-likeness (QED) is 0.858. The number of H-pyrrole nitrogens is 1. The van der Waals surface area contributed by atoms with Crippen LogP contribution in [0.4, 0.5) is 5.69 Å². The monoisotopic (exact) mass is 317 g/mol. The van der Waals surface area contributed by atoms with Crippen molar-refractivity contribution in [3.8, 4) is 11.5 Å². The number of aryl methyl sites for hydroxylation is 1. The van der Waals surface area contributed by atoms with Crippen LogP contribution in [-0.4, -0.2) is 30.3 Å². The standard InChI is InChI=1S/C17H23N3O3/c1-10(2)6-15-16(11(3)19-20-15)18-17(21)12-7-13(22-4)9-14(8-12)23-5/h7-10H,6H2,1-5H3,(H,18,21)(H,19,20). The Bertz CT molecular complexity index is 670. The van der Waals surface area contributed by atoms with E-state index < -0.39 is 0 Å². The minimum absolute atomic E-state index is 0.225. The number of carbonyl (C=O) groups is 1. The minimum atomic E-state index is -0.225. The lowest BCUT2D eigenvalue weighted by Gasteiger charge is -2.10. The Morgan fingerprint density at radius 1 is 1.22 bits per heavy atom. The van der Waals surface area contributed by atoms with Gasteiger partial charge in [0.25, 0.3) is 5.91 Å². The number of hydrogen-bond acceptors (Lipinski definition) is 4. The fraction of sp³-hybridized carbons (Fsp3) is 0.412. The number of rotatable bonds is 6. The van der Waals surface area contributed by atoms with Crippen molar-refractivity contribution in [2.75, 3.05) is 19.5 Å². The Kier molecular flexibility index (Phi) is 5.26. The number of nitrogens with zero attached hydrogens (tertiary/aromatic N) is 1. The maximum absolute atomic E-state index is 12.6. The predicted octanol–water partition coefficient (Wildman–Crippen LogP) is 3.19.